The molecule has 5 nitrogen and oxygen atoms in total. The maximum Gasteiger partial charge on any atom is 0.253 e. The average molecular weight is 319 g/mol. The van der Waals surface area contributed by atoms with E-state index in [1.807, 2.05) is 13.8 Å². The van der Waals surface area contributed by atoms with Crippen molar-refractivity contribution in [2.24, 2.45) is 0 Å². The van der Waals surface area contributed by atoms with Gasteiger partial charge in [-0.1, -0.05) is 0 Å². The first-order valence-electron chi connectivity index (χ1n) is 7.78. The first-order chi connectivity index (χ1) is 10.9. The lowest BCUT2D eigenvalue weighted by atomic mass is 10.0. The molecule has 0 bridgehead atoms. The number of fused-ring (bicyclic) bond motifs is 1. The van der Waals surface area contributed by atoms with Gasteiger partial charge in [-0.15, -0.1) is 0 Å². The molecule has 1 saturated heterocycles. The lowest BCUT2D eigenvalue weighted by molar-refractivity contribution is -0.156. The molecule has 2 N–H and O–H groups in total. The third kappa shape index (κ3) is 2.96. The summed E-state index contributed by atoms with van der Waals surface area (Å²) in [6.45, 7) is 6.28. The molecule has 0 spiro atoms. The van der Waals surface area contributed by atoms with Crippen molar-refractivity contribution in [3.05, 3.63) is 35.3 Å². The first-order valence-corrected chi connectivity index (χ1v) is 7.78. The second-order valence-electron chi connectivity index (χ2n) is 6.29. The number of halogens is 1. The molecular formula is C17H22FN3O2. The van der Waals surface area contributed by atoms with Gasteiger partial charge in [0.05, 0.1) is 6.61 Å². The number of amides is 1. The van der Waals surface area contributed by atoms with Crippen molar-refractivity contribution in [3.8, 4) is 0 Å². The minimum atomic E-state index is -0.834. The van der Waals surface area contributed by atoms with Gasteiger partial charge in [0.2, 0.25) is 0 Å². The third-order valence-corrected chi connectivity index (χ3v) is 4.57. The predicted octanol–water partition coefficient (Wildman–Crippen LogP) is 1.95. The highest BCUT2D eigenvalue weighted by Gasteiger charge is 2.38. The van der Waals surface area contributed by atoms with E-state index in [9.17, 15) is 9.18 Å². The normalized spacial score (nSPS) is 22.4. The van der Waals surface area contributed by atoms with Crippen molar-refractivity contribution < 1.29 is 13.9 Å². The Labute approximate surface area is 134 Å². The van der Waals surface area contributed by atoms with Gasteiger partial charge < -0.3 is 15.0 Å². The van der Waals surface area contributed by atoms with Crippen molar-refractivity contribution in [2.75, 3.05) is 26.7 Å². The number of hydrogen-bond acceptors (Lipinski definition) is 3. The van der Waals surface area contributed by atoms with Crippen LogP contribution >= 0.6 is 0 Å². The van der Waals surface area contributed by atoms with Crippen LogP contribution in [0.1, 0.15) is 18.2 Å². The second kappa shape index (κ2) is 5.94. The minimum absolute atomic E-state index is 0.113. The summed E-state index contributed by atoms with van der Waals surface area (Å²) in [5.41, 5.74) is 2.19. The number of rotatable bonds is 3. The summed E-state index contributed by atoms with van der Waals surface area (Å²) in [5.74, 6) is -0.345. The van der Waals surface area contributed by atoms with E-state index >= 15 is 0 Å². The summed E-state index contributed by atoms with van der Waals surface area (Å²) in [6.07, 6.45) is 0. The van der Waals surface area contributed by atoms with Gasteiger partial charge in [0, 0.05) is 43.3 Å². The zero-order valence-corrected chi connectivity index (χ0v) is 13.7. The molecule has 2 heterocycles. The average Bonchev–Trinajstić information content (AvgIpc) is 2.83. The molecule has 1 atom stereocenters. The molecular weight excluding hydrogens is 297 g/mol. The summed E-state index contributed by atoms with van der Waals surface area (Å²) in [4.78, 5) is 17.6. The number of hydrogen-bond donors (Lipinski definition) is 2. The number of benzene rings is 1. The largest absolute Gasteiger partial charge is 0.363 e. The van der Waals surface area contributed by atoms with Gasteiger partial charge in [0.15, 0.2) is 5.60 Å². The molecule has 1 aliphatic heterocycles. The fourth-order valence-electron chi connectivity index (χ4n) is 3.22. The molecule has 0 radical (unpaired) electrons. The Kier molecular flexibility index (Phi) is 4.12. The molecule has 0 aliphatic carbocycles. The molecule has 3 rings (SSSR count). The Morgan fingerprint density at radius 1 is 1.52 bits per heavy atom. The van der Waals surface area contributed by atoms with Gasteiger partial charge in [-0.05, 0) is 37.6 Å². The van der Waals surface area contributed by atoms with E-state index in [1.54, 1.807) is 19.2 Å². The summed E-state index contributed by atoms with van der Waals surface area (Å²) < 4.78 is 19.1. The number of likely N-dealkylation sites (N-methyl/N-ethyl adjacent to an activating group) is 1. The summed E-state index contributed by atoms with van der Waals surface area (Å²) in [7, 11) is 1.62. The lowest BCUT2D eigenvalue weighted by Gasteiger charge is -2.38. The number of carbonyl (C=O) groups is 1. The van der Waals surface area contributed by atoms with E-state index in [0.717, 1.165) is 28.7 Å². The lowest BCUT2D eigenvalue weighted by Crippen LogP contribution is -2.57. The van der Waals surface area contributed by atoms with Gasteiger partial charge in [0.25, 0.3) is 5.91 Å². The summed E-state index contributed by atoms with van der Waals surface area (Å²) >= 11 is 0. The quantitative estimate of drug-likeness (QED) is 0.909. The number of aryl methyl sites for hydroxylation is 1. The van der Waals surface area contributed by atoms with E-state index in [1.165, 1.54) is 6.07 Å². The molecule has 2 aromatic rings. The van der Waals surface area contributed by atoms with Crippen LogP contribution < -0.4 is 5.32 Å². The van der Waals surface area contributed by atoms with Crippen LogP contribution in [-0.2, 0) is 16.1 Å². The number of nitrogens with one attached hydrogen (secondary N) is 2. The highest BCUT2D eigenvalue weighted by Crippen LogP contribution is 2.25. The monoisotopic (exact) mass is 319 g/mol. The fourth-order valence-corrected chi connectivity index (χ4v) is 3.22. The zero-order valence-electron chi connectivity index (χ0n) is 13.7. The molecule has 1 fully saturated rings. The van der Waals surface area contributed by atoms with Gasteiger partial charge >= 0.3 is 0 Å². The number of aromatic nitrogens is 1. The number of H-pyrrole nitrogens is 1. The molecule has 124 valence electrons. The Balaban J connectivity index is 1.82. The van der Waals surface area contributed by atoms with Crippen LogP contribution in [0.5, 0.6) is 0 Å². The van der Waals surface area contributed by atoms with Crippen molar-refractivity contribution in [3.63, 3.8) is 0 Å². The van der Waals surface area contributed by atoms with Crippen molar-refractivity contribution >= 4 is 16.8 Å². The second-order valence-corrected chi connectivity index (χ2v) is 6.29. The van der Waals surface area contributed by atoms with Crippen LogP contribution in [0.2, 0.25) is 0 Å². The maximum absolute atomic E-state index is 13.4. The molecule has 0 saturated carbocycles. The molecule has 23 heavy (non-hydrogen) atoms. The number of aromatic amines is 1. The van der Waals surface area contributed by atoms with Crippen LogP contribution in [0.4, 0.5) is 4.39 Å². The Morgan fingerprint density at radius 2 is 2.30 bits per heavy atom. The fraction of sp³-hybridized carbons (Fsp3) is 0.471. The van der Waals surface area contributed by atoms with Crippen LogP contribution in [-0.4, -0.2) is 48.1 Å². The number of ether oxygens (including phenoxy) is 1. The molecule has 6 heteroatoms. The highest BCUT2D eigenvalue weighted by atomic mass is 19.1. The van der Waals surface area contributed by atoms with Gasteiger partial charge in [-0.3, -0.25) is 9.69 Å². The smallest absolute Gasteiger partial charge is 0.253 e. The first kappa shape index (κ1) is 16.0. The van der Waals surface area contributed by atoms with Crippen molar-refractivity contribution in [1.82, 2.24) is 15.2 Å². The van der Waals surface area contributed by atoms with Gasteiger partial charge in [-0.25, -0.2) is 4.39 Å². The molecule has 1 aromatic heterocycles. The summed E-state index contributed by atoms with van der Waals surface area (Å²) in [6, 6.07) is 4.77. The predicted molar refractivity (Wildman–Crippen MR) is 86.7 cm³/mol. The number of morpholine rings is 1. The highest BCUT2D eigenvalue weighted by molar-refractivity contribution is 5.85. The molecule has 1 aliphatic rings. The zero-order chi connectivity index (χ0) is 16.6. The van der Waals surface area contributed by atoms with E-state index in [-0.39, 0.29) is 11.7 Å². The van der Waals surface area contributed by atoms with E-state index in [4.69, 9.17) is 4.74 Å². The van der Waals surface area contributed by atoms with E-state index in [2.05, 4.69) is 15.2 Å². The van der Waals surface area contributed by atoms with Gasteiger partial charge in [-0.2, -0.15) is 0 Å². The topological polar surface area (TPSA) is 57.4 Å². The van der Waals surface area contributed by atoms with Crippen molar-refractivity contribution in [1.29, 1.82) is 0 Å². The van der Waals surface area contributed by atoms with Crippen LogP contribution in [0.15, 0.2) is 18.2 Å². The van der Waals surface area contributed by atoms with Crippen LogP contribution in [0.25, 0.3) is 10.9 Å². The maximum atomic E-state index is 13.4. The number of carbonyl (C=O) groups excluding carboxylic acids is 1. The number of nitrogens with zero attached hydrogens (tertiary/aromatic N) is 1. The van der Waals surface area contributed by atoms with Crippen LogP contribution in [0.3, 0.4) is 0 Å². The summed E-state index contributed by atoms with van der Waals surface area (Å²) in [5, 5.41) is 3.56. The van der Waals surface area contributed by atoms with Gasteiger partial charge in [0.1, 0.15) is 5.82 Å². The van der Waals surface area contributed by atoms with Crippen LogP contribution in [0, 0.1) is 12.7 Å². The standard InChI is InChI=1S/C17H22FN3O2/c1-11-13-8-12(18)4-5-14(13)20-15(11)9-21-6-7-23-17(2,10-21)16(22)19-3/h4-5,8,20H,6-7,9-10H2,1-3H3,(H,19,22)/t17-/m1/s1. The van der Waals surface area contributed by atoms with E-state index < -0.39 is 5.60 Å². The SMILES string of the molecule is CNC(=O)[C@@]1(C)CN(Cc2[nH]c3ccc(F)cc3c2C)CCO1. The minimum Gasteiger partial charge on any atom is -0.363 e. The third-order valence-electron chi connectivity index (χ3n) is 4.57. The molecule has 1 amide bonds. The molecule has 0 unspecified atom stereocenters. The Morgan fingerprint density at radius 3 is 3.04 bits per heavy atom. The Bertz CT molecular complexity index is 743. The Hall–Kier alpha value is -1.92. The molecule has 1 aromatic carbocycles. The van der Waals surface area contributed by atoms with Crippen molar-refractivity contribution in [2.45, 2.75) is 26.0 Å². The van der Waals surface area contributed by atoms with E-state index in [0.29, 0.717) is 19.7 Å².